The first kappa shape index (κ1) is 11.6. The monoisotopic (exact) mass is 235 g/mol. The van der Waals surface area contributed by atoms with Crippen molar-refractivity contribution in [3.8, 4) is 5.75 Å². The molecule has 2 rings (SSSR count). The van der Waals surface area contributed by atoms with Crippen LogP contribution < -0.4 is 10.5 Å². The highest BCUT2D eigenvalue weighted by molar-refractivity contribution is 5.36. The number of halogens is 1. The summed E-state index contributed by atoms with van der Waals surface area (Å²) in [6.07, 6.45) is 3.26. The second-order valence-corrected chi connectivity index (χ2v) is 3.77. The van der Waals surface area contributed by atoms with E-state index in [0.29, 0.717) is 5.56 Å². The fourth-order valence-electron chi connectivity index (χ4n) is 1.75. The predicted octanol–water partition coefficient (Wildman–Crippen LogP) is 1.62. The van der Waals surface area contributed by atoms with Gasteiger partial charge in [0, 0.05) is 12.6 Å². The van der Waals surface area contributed by atoms with Gasteiger partial charge in [0.05, 0.1) is 31.4 Å². The van der Waals surface area contributed by atoms with Crippen LogP contribution in [0.5, 0.6) is 5.75 Å². The number of ether oxygens (including phenoxy) is 1. The molecule has 1 aromatic heterocycles. The second kappa shape index (κ2) is 4.55. The summed E-state index contributed by atoms with van der Waals surface area (Å²) in [5.74, 6) is -0.233. The zero-order valence-corrected chi connectivity index (χ0v) is 9.72. The van der Waals surface area contributed by atoms with E-state index in [2.05, 4.69) is 4.98 Å². The van der Waals surface area contributed by atoms with E-state index in [1.54, 1.807) is 35.3 Å². The SMILES string of the molecule is COc1cccc(C(N)c2cncn2C)c1F. The first-order chi connectivity index (χ1) is 8.15. The molecule has 17 heavy (non-hydrogen) atoms. The van der Waals surface area contributed by atoms with Crippen molar-refractivity contribution in [2.24, 2.45) is 12.8 Å². The smallest absolute Gasteiger partial charge is 0.170 e. The summed E-state index contributed by atoms with van der Waals surface area (Å²) in [4.78, 5) is 3.97. The summed E-state index contributed by atoms with van der Waals surface area (Å²) in [6.45, 7) is 0. The molecule has 0 saturated heterocycles. The van der Waals surface area contributed by atoms with E-state index in [1.807, 2.05) is 7.05 Å². The van der Waals surface area contributed by atoms with Crippen LogP contribution in [0.3, 0.4) is 0 Å². The van der Waals surface area contributed by atoms with Gasteiger partial charge < -0.3 is 15.0 Å². The molecule has 0 saturated carbocycles. The van der Waals surface area contributed by atoms with Gasteiger partial charge in [-0.1, -0.05) is 12.1 Å². The predicted molar refractivity (Wildman–Crippen MR) is 62.2 cm³/mol. The third kappa shape index (κ3) is 2.01. The first-order valence-corrected chi connectivity index (χ1v) is 5.19. The molecule has 1 heterocycles. The Morgan fingerprint density at radius 2 is 2.24 bits per heavy atom. The molecule has 5 heteroatoms. The minimum Gasteiger partial charge on any atom is -0.494 e. The van der Waals surface area contributed by atoms with Gasteiger partial charge in [0.1, 0.15) is 0 Å². The van der Waals surface area contributed by atoms with E-state index >= 15 is 0 Å². The number of aryl methyl sites for hydroxylation is 1. The molecule has 0 radical (unpaired) electrons. The lowest BCUT2D eigenvalue weighted by Crippen LogP contribution is -2.17. The Bertz CT molecular complexity index is 524. The molecule has 0 fully saturated rings. The fourth-order valence-corrected chi connectivity index (χ4v) is 1.75. The van der Waals surface area contributed by atoms with Gasteiger partial charge in [0.2, 0.25) is 0 Å². The summed E-state index contributed by atoms with van der Waals surface area (Å²) in [5, 5.41) is 0. The number of benzene rings is 1. The molecule has 0 aliphatic heterocycles. The fraction of sp³-hybridized carbons (Fsp3) is 0.250. The summed E-state index contributed by atoms with van der Waals surface area (Å²) in [7, 11) is 3.25. The Hall–Kier alpha value is -1.88. The Morgan fingerprint density at radius 3 is 2.82 bits per heavy atom. The van der Waals surface area contributed by atoms with Crippen molar-refractivity contribution < 1.29 is 9.13 Å². The Balaban J connectivity index is 2.44. The first-order valence-electron chi connectivity index (χ1n) is 5.19. The molecule has 0 bridgehead atoms. The number of rotatable bonds is 3. The lowest BCUT2D eigenvalue weighted by atomic mass is 10.0. The minimum absolute atomic E-state index is 0.195. The van der Waals surface area contributed by atoms with Crippen LogP contribution in [0.1, 0.15) is 17.3 Å². The molecule has 2 N–H and O–H groups in total. The number of imidazole rings is 1. The number of hydrogen-bond acceptors (Lipinski definition) is 3. The molecule has 1 unspecified atom stereocenters. The van der Waals surface area contributed by atoms with Gasteiger partial charge in [0.15, 0.2) is 11.6 Å². The molecule has 0 amide bonds. The van der Waals surface area contributed by atoms with Crippen molar-refractivity contribution in [2.45, 2.75) is 6.04 Å². The van der Waals surface area contributed by atoms with Gasteiger partial charge in [-0.3, -0.25) is 0 Å². The van der Waals surface area contributed by atoms with Gasteiger partial charge in [-0.05, 0) is 6.07 Å². The highest BCUT2D eigenvalue weighted by Crippen LogP contribution is 2.27. The number of aromatic nitrogens is 2. The maximum absolute atomic E-state index is 14.0. The average Bonchev–Trinajstić information content (AvgIpc) is 2.75. The zero-order chi connectivity index (χ0) is 12.4. The van der Waals surface area contributed by atoms with Crippen LogP contribution in [0.4, 0.5) is 4.39 Å². The highest BCUT2D eigenvalue weighted by atomic mass is 19.1. The number of nitrogens with two attached hydrogens (primary N) is 1. The van der Waals surface area contributed by atoms with E-state index in [1.165, 1.54) is 7.11 Å². The maximum atomic E-state index is 14.0. The standard InChI is InChI=1S/C12H14FN3O/c1-16-7-15-6-9(16)12(14)8-4-3-5-10(17-2)11(8)13/h3-7,12H,14H2,1-2H3. The number of hydrogen-bond donors (Lipinski definition) is 1. The maximum Gasteiger partial charge on any atom is 0.170 e. The lowest BCUT2D eigenvalue weighted by molar-refractivity contribution is 0.383. The van der Waals surface area contributed by atoms with E-state index < -0.39 is 11.9 Å². The largest absolute Gasteiger partial charge is 0.494 e. The van der Waals surface area contributed by atoms with Gasteiger partial charge >= 0.3 is 0 Å². The van der Waals surface area contributed by atoms with Crippen LogP contribution in [0.25, 0.3) is 0 Å². The van der Waals surface area contributed by atoms with Crippen molar-refractivity contribution >= 4 is 0 Å². The normalized spacial score (nSPS) is 12.5. The summed E-state index contributed by atoms with van der Waals surface area (Å²) in [6, 6.07) is 4.37. The molecule has 1 aromatic carbocycles. The molecular weight excluding hydrogens is 221 g/mol. The minimum atomic E-state index is -0.558. The average molecular weight is 235 g/mol. The van der Waals surface area contributed by atoms with Crippen LogP contribution >= 0.6 is 0 Å². The number of methoxy groups -OCH3 is 1. The second-order valence-electron chi connectivity index (χ2n) is 3.77. The summed E-state index contributed by atoms with van der Waals surface area (Å²) >= 11 is 0. The molecule has 4 nitrogen and oxygen atoms in total. The molecule has 0 spiro atoms. The Kier molecular flexibility index (Phi) is 3.10. The van der Waals surface area contributed by atoms with Crippen LogP contribution in [0.2, 0.25) is 0 Å². The van der Waals surface area contributed by atoms with Gasteiger partial charge in [0.25, 0.3) is 0 Å². The summed E-state index contributed by atoms with van der Waals surface area (Å²) < 4.78 is 20.7. The van der Waals surface area contributed by atoms with Gasteiger partial charge in [-0.15, -0.1) is 0 Å². The molecule has 1 atom stereocenters. The van der Waals surface area contributed by atoms with E-state index in [9.17, 15) is 4.39 Å². The van der Waals surface area contributed by atoms with Crippen molar-refractivity contribution in [1.29, 1.82) is 0 Å². The van der Waals surface area contributed by atoms with Crippen molar-refractivity contribution in [1.82, 2.24) is 9.55 Å². The molecule has 0 aliphatic rings. The third-order valence-electron chi connectivity index (χ3n) is 2.72. The van der Waals surface area contributed by atoms with E-state index in [-0.39, 0.29) is 5.75 Å². The lowest BCUT2D eigenvalue weighted by Gasteiger charge is -2.14. The van der Waals surface area contributed by atoms with Crippen LogP contribution in [-0.2, 0) is 7.05 Å². The van der Waals surface area contributed by atoms with Gasteiger partial charge in [-0.2, -0.15) is 0 Å². The van der Waals surface area contributed by atoms with E-state index in [4.69, 9.17) is 10.5 Å². The van der Waals surface area contributed by atoms with Crippen molar-refractivity contribution in [2.75, 3.05) is 7.11 Å². The Labute approximate surface area is 98.8 Å². The van der Waals surface area contributed by atoms with E-state index in [0.717, 1.165) is 5.69 Å². The quantitative estimate of drug-likeness (QED) is 0.879. The topological polar surface area (TPSA) is 53.1 Å². The van der Waals surface area contributed by atoms with Crippen LogP contribution in [0, 0.1) is 5.82 Å². The zero-order valence-electron chi connectivity index (χ0n) is 9.72. The molecular formula is C12H14FN3O. The molecule has 2 aromatic rings. The van der Waals surface area contributed by atoms with Crippen molar-refractivity contribution in [3.63, 3.8) is 0 Å². The highest BCUT2D eigenvalue weighted by Gasteiger charge is 2.18. The molecule has 90 valence electrons. The summed E-state index contributed by atoms with van der Waals surface area (Å²) in [5.41, 5.74) is 7.17. The van der Waals surface area contributed by atoms with Crippen LogP contribution in [-0.4, -0.2) is 16.7 Å². The number of nitrogens with zero attached hydrogens (tertiary/aromatic N) is 2. The van der Waals surface area contributed by atoms with Crippen molar-refractivity contribution in [3.05, 3.63) is 47.8 Å². The Morgan fingerprint density at radius 1 is 1.47 bits per heavy atom. The van der Waals surface area contributed by atoms with Gasteiger partial charge in [-0.25, -0.2) is 9.37 Å². The van der Waals surface area contributed by atoms with Crippen LogP contribution in [0.15, 0.2) is 30.7 Å². The third-order valence-corrected chi connectivity index (χ3v) is 2.72. The molecule has 0 aliphatic carbocycles.